The molecule has 1 aliphatic carbocycles. The largest absolute Gasteiger partial charge is 0.478 e. The molecule has 0 bridgehead atoms. The van der Waals surface area contributed by atoms with E-state index in [-0.39, 0.29) is 16.4 Å². The number of hydrogen-bond acceptors (Lipinski definition) is 2. The number of fused-ring (bicyclic) bond motifs is 1. The zero-order valence-electron chi connectivity index (χ0n) is 18.7. The molecule has 0 spiro atoms. The molecule has 1 aliphatic rings. The first kappa shape index (κ1) is 21.0. The normalized spacial score (nSPS) is 16.4. The van der Waals surface area contributed by atoms with E-state index in [0.29, 0.717) is 5.56 Å². The average Bonchev–Trinajstić information content (AvgIpc) is 2.76. The molecular weight excluding hydrogens is 382 g/mol. The second-order valence-corrected chi connectivity index (χ2v) is 9.79. The first-order valence-electron chi connectivity index (χ1n) is 10.7. The van der Waals surface area contributed by atoms with Crippen LogP contribution in [0.2, 0.25) is 0 Å². The van der Waals surface area contributed by atoms with Gasteiger partial charge in [0, 0.05) is 17.3 Å². The minimum absolute atomic E-state index is 0.138. The predicted molar refractivity (Wildman–Crippen MR) is 126 cm³/mol. The van der Waals surface area contributed by atoms with Gasteiger partial charge in [-0.15, -0.1) is 0 Å². The maximum atomic E-state index is 11.5. The Morgan fingerprint density at radius 3 is 2.26 bits per heavy atom. The quantitative estimate of drug-likeness (QED) is 0.510. The number of benzene rings is 2. The van der Waals surface area contributed by atoms with Crippen molar-refractivity contribution in [2.45, 2.75) is 51.4 Å². The minimum atomic E-state index is -0.941. The molecule has 4 rings (SSSR count). The number of rotatable bonds is 4. The van der Waals surface area contributed by atoms with Gasteiger partial charge in [0.2, 0.25) is 0 Å². The van der Waals surface area contributed by atoms with Gasteiger partial charge in [0.25, 0.3) is 0 Å². The van der Waals surface area contributed by atoms with Crippen LogP contribution in [0.1, 0.15) is 73.3 Å². The zero-order chi connectivity index (χ0) is 22.4. The Balaban J connectivity index is 1.68. The molecule has 1 N–H and O–H groups in total. The lowest BCUT2D eigenvalue weighted by Gasteiger charge is -2.42. The van der Waals surface area contributed by atoms with Gasteiger partial charge in [0.15, 0.2) is 0 Å². The third-order valence-electron chi connectivity index (χ3n) is 6.74. The van der Waals surface area contributed by atoms with E-state index < -0.39 is 5.97 Å². The van der Waals surface area contributed by atoms with Gasteiger partial charge in [-0.25, -0.2) is 4.79 Å². The average molecular weight is 412 g/mol. The maximum absolute atomic E-state index is 11.5. The molecule has 1 aromatic heterocycles. The van der Waals surface area contributed by atoms with Crippen molar-refractivity contribution in [2.75, 3.05) is 0 Å². The van der Waals surface area contributed by atoms with Crippen molar-refractivity contribution < 1.29 is 9.90 Å². The molecule has 3 nitrogen and oxygen atoms in total. The molecule has 0 saturated heterocycles. The Hall–Kier alpha value is -3.20. The van der Waals surface area contributed by atoms with Crippen molar-refractivity contribution >= 4 is 11.5 Å². The van der Waals surface area contributed by atoms with Gasteiger partial charge in [-0.05, 0) is 58.1 Å². The summed E-state index contributed by atoms with van der Waals surface area (Å²) in [7, 11) is 0. The standard InChI is InChI=1S/C28H29NO2/c1-18(19-10-12-23-24(16-19)28(4,5)15-14-27(23,2)3)25-13-11-20(17-29-25)21-8-6-7-9-22(21)26(30)31/h6-13,16-17H,1,14-15H2,2-5H3,(H,30,31). The summed E-state index contributed by atoms with van der Waals surface area (Å²) in [5.41, 5.74) is 7.61. The predicted octanol–water partition coefficient (Wildman–Crippen LogP) is 6.86. The van der Waals surface area contributed by atoms with E-state index in [0.717, 1.165) is 22.4 Å². The Morgan fingerprint density at radius 2 is 1.61 bits per heavy atom. The van der Waals surface area contributed by atoms with Crippen molar-refractivity contribution in [3.8, 4) is 11.1 Å². The molecule has 3 heteroatoms. The lowest BCUT2D eigenvalue weighted by atomic mass is 9.63. The number of aromatic carboxylic acids is 1. The molecule has 0 radical (unpaired) electrons. The number of aromatic nitrogens is 1. The van der Waals surface area contributed by atoms with E-state index in [4.69, 9.17) is 0 Å². The van der Waals surface area contributed by atoms with Crippen LogP contribution in [0.3, 0.4) is 0 Å². The van der Waals surface area contributed by atoms with E-state index in [9.17, 15) is 9.90 Å². The molecular formula is C28H29NO2. The molecule has 0 atom stereocenters. The first-order valence-corrected chi connectivity index (χ1v) is 10.7. The molecule has 158 valence electrons. The van der Waals surface area contributed by atoms with Crippen LogP contribution < -0.4 is 0 Å². The summed E-state index contributed by atoms with van der Waals surface area (Å²) in [4.78, 5) is 16.2. The van der Waals surface area contributed by atoms with Gasteiger partial charge in [-0.3, -0.25) is 4.98 Å². The van der Waals surface area contributed by atoms with Crippen LogP contribution in [-0.2, 0) is 10.8 Å². The van der Waals surface area contributed by atoms with E-state index in [1.54, 1.807) is 18.3 Å². The number of hydrogen-bond donors (Lipinski definition) is 1. The fourth-order valence-electron chi connectivity index (χ4n) is 4.58. The molecule has 1 heterocycles. The summed E-state index contributed by atoms with van der Waals surface area (Å²) in [5, 5.41) is 9.46. The smallest absolute Gasteiger partial charge is 0.336 e. The fourth-order valence-corrected chi connectivity index (χ4v) is 4.58. The molecule has 0 fully saturated rings. The summed E-state index contributed by atoms with van der Waals surface area (Å²) >= 11 is 0. The highest BCUT2D eigenvalue weighted by atomic mass is 16.4. The second-order valence-electron chi connectivity index (χ2n) is 9.79. The van der Waals surface area contributed by atoms with E-state index in [1.165, 1.54) is 24.0 Å². The number of carbonyl (C=O) groups is 1. The van der Waals surface area contributed by atoms with Gasteiger partial charge < -0.3 is 5.11 Å². The number of carboxylic acid groups (broad SMARTS) is 1. The number of nitrogens with zero attached hydrogens (tertiary/aromatic N) is 1. The Labute approximate surface area is 184 Å². The Kier molecular flexibility index (Phi) is 5.09. The highest BCUT2D eigenvalue weighted by Crippen LogP contribution is 2.46. The lowest BCUT2D eigenvalue weighted by Crippen LogP contribution is -2.33. The molecule has 3 aromatic rings. The van der Waals surface area contributed by atoms with Gasteiger partial charge in [-0.2, -0.15) is 0 Å². The summed E-state index contributed by atoms with van der Waals surface area (Å²) < 4.78 is 0. The third-order valence-corrected chi connectivity index (χ3v) is 6.74. The van der Waals surface area contributed by atoms with Crippen LogP contribution in [0.4, 0.5) is 0 Å². The van der Waals surface area contributed by atoms with Crippen molar-refractivity contribution in [2.24, 2.45) is 0 Å². The van der Waals surface area contributed by atoms with Gasteiger partial charge >= 0.3 is 5.97 Å². The topological polar surface area (TPSA) is 50.2 Å². The Morgan fingerprint density at radius 1 is 0.935 bits per heavy atom. The molecule has 31 heavy (non-hydrogen) atoms. The van der Waals surface area contributed by atoms with Crippen LogP contribution in [0, 0.1) is 0 Å². The van der Waals surface area contributed by atoms with Crippen LogP contribution in [0.15, 0.2) is 67.4 Å². The van der Waals surface area contributed by atoms with E-state index in [2.05, 4.69) is 57.5 Å². The van der Waals surface area contributed by atoms with Gasteiger partial charge in [-0.1, -0.05) is 76.7 Å². The molecule has 0 unspecified atom stereocenters. The first-order chi connectivity index (χ1) is 14.6. The SMILES string of the molecule is C=C(c1ccc2c(c1)C(C)(C)CCC2(C)C)c1ccc(-c2ccccc2C(=O)O)cn1. The monoisotopic (exact) mass is 411 g/mol. The van der Waals surface area contributed by atoms with Crippen LogP contribution in [-0.4, -0.2) is 16.1 Å². The zero-order valence-corrected chi connectivity index (χ0v) is 18.7. The Bertz CT molecular complexity index is 1170. The van der Waals surface area contributed by atoms with Crippen molar-refractivity contribution in [3.05, 3.63) is 95.3 Å². The van der Waals surface area contributed by atoms with Gasteiger partial charge in [0.1, 0.15) is 0 Å². The highest BCUT2D eigenvalue weighted by molar-refractivity contribution is 5.96. The van der Waals surface area contributed by atoms with E-state index >= 15 is 0 Å². The minimum Gasteiger partial charge on any atom is -0.478 e. The van der Waals surface area contributed by atoms with Crippen LogP contribution in [0.5, 0.6) is 0 Å². The highest BCUT2D eigenvalue weighted by Gasteiger charge is 2.37. The molecule has 0 aliphatic heterocycles. The van der Waals surface area contributed by atoms with Crippen LogP contribution in [0.25, 0.3) is 16.7 Å². The number of pyridine rings is 1. The summed E-state index contributed by atoms with van der Waals surface area (Å²) in [5.74, 6) is -0.941. The maximum Gasteiger partial charge on any atom is 0.336 e. The van der Waals surface area contributed by atoms with Crippen molar-refractivity contribution in [1.82, 2.24) is 4.98 Å². The lowest BCUT2D eigenvalue weighted by molar-refractivity contribution is 0.0697. The van der Waals surface area contributed by atoms with Gasteiger partial charge in [0.05, 0.1) is 11.3 Å². The summed E-state index contributed by atoms with van der Waals surface area (Å²) in [6.07, 6.45) is 4.08. The third kappa shape index (κ3) is 3.81. The number of carboxylic acids is 1. The van der Waals surface area contributed by atoms with E-state index in [1.807, 2.05) is 24.3 Å². The summed E-state index contributed by atoms with van der Waals surface area (Å²) in [6, 6.07) is 17.5. The van der Waals surface area contributed by atoms with Crippen LogP contribution >= 0.6 is 0 Å². The summed E-state index contributed by atoms with van der Waals surface area (Å²) in [6.45, 7) is 13.6. The second kappa shape index (κ2) is 7.49. The fraction of sp³-hybridized carbons (Fsp3) is 0.286. The molecule has 0 amide bonds. The molecule has 2 aromatic carbocycles. The molecule has 0 saturated carbocycles. The van der Waals surface area contributed by atoms with Crippen molar-refractivity contribution in [1.29, 1.82) is 0 Å². The van der Waals surface area contributed by atoms with Crippen molar-refractivity contribution in [3.63, 3.8) is 0 Å².